The molecule has 1 aliphatic heterocycles. The number of hydrogen-bond acceptors (Lipinski definition) is 2. The van der Waals surface area contributed by atoms with Gasteiger partial charge in [0.15, 0.2) is 0 Å². The third-order valence-corrected chi connectivity index (χ3v) is 5.98. The molecule has 2 atom stereocenters. The van der Waals surface area contributed by atoms with Gasteiger partial charge in [0.2, 0.25) is 0 Å². The van der Waals surface area contributed by atoms with Crippen LogP contribution in [-0.4, -0.2) is 28.6 Å². The van der Waals surface area contributed by atoms with Gasteiger partial charge in [0.05, 0.1) is 6.04 Å². The average molecular weight is 373 g/mol. The number of carbonyl (C=O) groups is 1. The number of piperidine rings is 1. The van der Waals surface area contributed by atoms with E-state index in [9.17, 15) is 9.90 Å². The summed E-state index contributed by atoms with van der Waals surface area (Å²) in [6.45, 7) is 5.04. The topological polar surface area (TPSA) is 40.5 Å². The highest BCUT2D eigenvalue weighted by atomic mass is 16.4. The Morgan fingerprint density at radius 2 is 1.79 bits per heavy atom. The highest BCUT2D eigenvalue weighted by Gasteiger charge is 2.35. The largest absolute Gasteiger partial charge is 0.480 e. The fourth-order valence-electron chi connectivity index (χ4n) is 4.51. The molecule has 0 radical (unpaired) electrons. The Hall–Kier alpha value is -2.65. The van der Waals surface area contributed by atoms with Gasteiger partial charge in [-0.3, -0.25) is 9.69 Å². The zero-order valence-electron chi connectivity index (χ0n) is 16.6. The molecule has 28 heavy (non-hydrogen) atoms. The Labute approximate surface area is 166 Å². The van der Waals surface area contributed by atoms with Crippen molar-refractivity contribution in [2.45, 2.75) is 45.2 Å². The fourth-order valence-corrected chi connectivity index (χ4v) is 4.51. The van der Waals surface area contributed by atoms with Gasteiger partial charge in [0, 0.05) is 0 Å². The van der Waals surface area contributed by atoms with E-state index in [0.29, 0.717) is 6.42 Å². The Bertz CT molecular complexity index is 1010. The van der Waals surface area contributed by atoms with Crippen molar-refractivity contribution in [1.82, 2.24) is 4.90 Å². The summed E-state index contributed by atoms with van der Waals surface area (Å²) in [4.78, 5) is 14.3. The minimum atomic E-state index is -0.712. The van der Waals surface area contributed by atoms with Crippen LogP contribution < -0.4 is 0 Å². The molecule has 3 aromatic rings. The standard InChI is InChI=1S/C25H27NO2/c1-17-10-11-18(2)22(15-17)24(26-14-6-5-9-23(26)25(27)28)21-13-12-19-7-3-4-8-20(19)16-21/h3-4,7-8,10-13,15-16,23-24H,5-6,9,14H2,1-2H3,(H,27,28). The van der Waals surface area contributed by atoms with Crippen molar-refractivity contribution in [2.75, 3.05) is 6.54 Å². The Morgan fingerprint density at radius 3 is 2.57 bits per heavy atom. The first-order valence-electron chi connectivity index (χ1n) is 10.1. The van der Waals surface area contributed by atoms with E-state index in [0.717, 1.165) is 19.4 Å². The van der Waals surface area contributed by atoms with Gasteiger partial charge in [-0.1, -0.05) is 66.6 Å². The van der Waals surface area contributed by atoms with Gasteiger partial charge in [-0.2, -0.15) is 0 Å². The lowest BCUT2D eigenvalue weighted by molar-refractivity contribution is -0.145. The second-order valence-corrected chi connectivity index (χ2v) is 7.96. The molecule has 0 bridgehead atoms. The molecule has 0 amide bonds. The van der Waals surface area contributed by atoms with Crippen LogP contribution in [0, 0.1) is 13.8 Å². The van der Waals surface area contributed by atoms with Gasteiger partial charge >= 0.3 is 5.97 Å². The zero-order valence-corrected chi connectivity index (χ0v) is 16.6. The van der Waals surface area contributed by atoms with Crippen molar-refractivity contribution in [3.05, 3.63) is 82.9 Å². The predicted molar refractivity (Wildman–Crippen MR) is 114 cm³/mol. The Morgan fingerprint density at radius 1 is 1.00 bits per heavy atom. The van der Waals surface area contributed by atoms with Crippen molar-refractivity contribution in [3.8, 4) is 0 Å². The van der Waals surface area contributed by atoms with Gasteiger partial charge in [0.25, 0.3) is 0 Å². The minimum absolute atomic E-state index is 0.0501. The number of aliphatic carboxylic acids is 1. The molecule has 1 N–H and O–H groups in total. The third kappa shape index (κ3) is 3.55. The lowest BCUT2D eigenvalue weighted by Crippen LogP contribution is -2.47. The van der Waals surface area contributed by atoms with Crippen LogP contribution in [-0.2, 0) is 4.79 Å². The molecule has 2 unspecified atom stereocenters. The van der Waals surface area contributed by atoms with Crippen LogP contribution in [0.3, 0.4) is 0 Å². The van der Waals surface area contributed by atoms with Crippen LogP contribution in [0.25, 0.3) is 10.8 Å². The highest BCUT2D eigenvalue weighted by molar-refractivity contribution is 5.83. The number of likely N-dealkylation sites (tertiary alicyclic amines) is 1. The van der Waals surface area contributed by atoms with Crippen molar-refractivity contribution in [3.63, 3.8) is 0 Å². The van der Waals surface area contributed by atoms with Gasteiger partial charge in [0.1, 0.15) is 6.04 Å². The van der Waals surface area contributed by atoms with E-state index >= 15 is 0 Å². The van der Waals surface area contributed by atoms with Gasteiger partial charge < -0.3 is 5.11 Å². The molecule has 3 aromatic carbocycles. The first-order valence-corrected chi connectivity index (χ1v) is 10.1. The van der Waals surface area contributed by atoms with Crippen LogP contribution in [0.4, 0.5) is 0 Å². The first-order chi connectivity index (χ1) is 13.5. The lowest BCUT2D eigenvalue weighted by Gasteiger charge is -2.40. The molecular formula is C25H27NO2. The Kier molecular flexibility index (Phi) is 5.19. The molecule has 0 spiro atoms. The average Bonchev–Trinajstić information content (AvgIpc) is 2.71. The van der Waals surface area contributed by atoms with Crippen molar-refractivity contribution >= 4 is 16.7 Å². The molecule has 1 fully saturated rings. The summed E-state index contributed by atoms with van der Waals surface area (Å²) < 4.78 is 0. The predicted octanol–water partition coefficient (Wildman–Crippen LogP) is 5.49. The van der Waals surface area contributed by atoms with Crippen molar-refractivity contribution in [1.29, 1.82) is 0 Å². The SMILES string of the molecule is Cc1ccc(C)c(C(c2ccc3ccccc3c2)N2CCCCC2C(=O)O)c1. The number of nitrogens with zero attached hydrogens (tertiary/aromatic N) is 1. The molecule has 4 rings (SSSR count). The monoisotopic (exact) mass is 373 g/mol. The maximum absolute atomic E-state index is 12.1. The molecule has 0 aromatic heterocycles. The smallest absolute Gasteiger partial charge is 0.320 e. The van der Waals surface area contributed by atoms with Crippen molar-refractivity contribution < 1.29 is 9.90 Å². The van der Waals surface area contributed by atoms with E-state index in [1.165, 1.54) is 33.0 Å². The summed E-state index contributed by atoms with van der Waals surface area (Å²) in [6, 6.07) is 20.9. The lowest BCUT2D eigenvalue weighted by atomic mass is 9.88. The number of carboxylic acid groups (broad SMARTS) is 1. The summed E-state index contributed by atoms with van der Waals surface area (Å²) in [6.07, 6.45) is 2.73. The first kappa shape index (κ1) is 18.7. The second kappa shape index (κ2) is 7.76. The second-order valence-electron chi connectivity index (χ2n) is 7.96. The number of rotatable bonds is 4. The van der Waals surface area contributed by atoms with Crippen LogP contribution in [0.1, 0.15) is 47.6 Å². The van der Waals surface area contributed by atoms with E-state index in [1.54, 1.807) is 0 Å². The molecule has 1 aliphatic rings. The number of benzene rings is 3. The van der Waals surface area contributed by atoms with Crippen LogP contribution in [0.5, 0.6) is 0 Å². The number of carboxylic acids is 1. The molecule has 1 heterocycles. The number of hydrogen-bond donors (Lipinski definition) is 1. The maximum atomic E-state index is 12.1. The van der Waals surface area contributed by atoms with Crippen LogP contribution in [0.2, 0.25) is 0 Å². The molecule has 144 valence electrons. The summed E-state index contributed by atoms with van der Waals surface area (Å²) in [5, 5.41) is 12.3. The van der Waals surface area contributed by atoms with Gasteiger partial charge in [-0.05, 0) is 66.8 Å². The number of aryl methyl sites for hydroxylation is 2. The highest BCUT2D eigenvalue weighted by Crippen LogP contribution is 2.37. The van der Waals surface area contributed by atoms with Gasteiger partial charge in [-0.15, -0.1) is 0 Å². The van der Waals surface area contributed by atoms with E-state index in [4.69, 9.17) is 0 Å². The zero-order chi connectivity index (χ0) is 19.7. The summed E-state index contributed by atoms with van der Waals surface area (Å²) >= 11 is 0. The fraction of sp³-hybridized carbons (Fsp3) is 0.320. The molecular weight excluding hydrogens is 346 g/mol. The Balaban J connectivity index is 1.89. The molecule has 0 saturated carbocycles. The molecule has 0 aliphatic carbocycles. The summed E-state index contributed by atoms with van der Waals surface area (Å²) in [5.74, 6) is -0.712. The van der Waals surface area contributed by atoms with Crippen molar-refractivity contribution in [2.24, 2.45) is 0 Å². The van der Waals surface area contributed by atoms with Gasteiger partial charge in [-0.25, -0.2) is 0 Å². The van der Waals surface area contributed by atoms with E-state index in [-0.39, 0.29) is 6.04 Å². The van der Waals surface area contributed by atoms with E-state index in [1.807, 2.05) is 0 Å². The maximum Gasteiger partial charge on any atom is 0.320 e. The normalized spacial score (nSPS) is 18.9. The summed E-state index contributed by atoms with van der Waals surface area (Å²) in [7, 11) is 0. The molecule has 3 nitrogen and oxygen atoms in total. The molecule has 1 saturated heterocycles. The third-order valence-electron chi connectivity index (χ3n) is 5.98. The summed E-state index contributed by atoms with van der Waals surface area (Å²) in [5.41, 5.74) is 4.79. The van der Waals surface area contributed by atoms with E-state index < -0.39 is 12.0 Å². The quantitative estimate of drug-likeness (QED) is 0.658. The van der Waals surface area contributed by atoms with E-state index in [2.05, 4.69) is 79.4 Å². The number of fused-ring (bicyclic) bond motifs is 1. The minimum Gasteiger partial charge on any atom is -0.480 e. The van der Waals surface area contributed by atoms with Crippen LogP contribution >= 0.6 is 0 Å². The van der Waals surface area contributed by atoms with Crippen LogP contribution in [0.15, 0.2) is 60.7 Å². The molecule has 3 heteroatoms.